The van der Waals surface area contributed by atoms with Gasteiger partial charge in [0.25, 0.3) is 0 Å². The smallest absolute Gasteiger partial charge is 0.315 e. The van der Waals surface area contributed by atoms with Crippen LogP contribution < -0.4 is 21.3 Å². The molecule has 2 rings (SSSR count). The van der Waals surface area contributed by atoms with Crippen molar-refractivity contribution >= 4 is 23.5 Å². The molecule has 1 aliphatic carbocycles. The van der Waals surface area contributed by atoms with Crippen molar-refractivity contribution in [3.63, 3.8) is 0 Å². The van der Waals surface area contributed by atoms with Crippen LogP contribution in [0.3, 0.4) is 0 Å². The lowest BCUT2D eigenvalue weighted by Crippen LogP contribution is -2.45. The van der Waals surface area contributed by atoms with Gasteiger partial charge in [-0.3, -0.25) is 9.59 Å². The maximum atomic E-state index is 12.0. The summed E-state index contributed by atoms with van der Waals surface area (Å²) in [4.78, 5) is 35.3. The molecule has 0 aliphatic heterocycles. The molecule has 0 saturated heterocycles. The minimum absolute atomic E-state index is 0.0307. The van der Waals surface area contributed by atoms with E-state index in [4.69, 9.17) is 0 Å². The van der Waals surface area contributed by atoms with Crippen LogP contribution in [-0.2, 0) is 9.59 Å². The minimum Gasteiger partial charge on any atom is -0.352 e. The summed E-state index contributed by atoms with van der Waals surface area (Å²) in [5, 5.41) is 11.2. The van der Waals surface area contributed by atoms with Crippen LogP contribution in [0.15, 0.2) is 24.3 Å². The van der Waals surface area contributed by atoms with Crippen LogP contribution in [-0.4, -0.2) is 30.4 Å². The molecule has 1 aromatic carbocycles. The standard InChI is InChI=1S/C20H30N4O3/c1-3-18(25)23-17-11-9-15(10-12-17)14(2)22-20(27)21-13-19(26)24-16-7-5-4-6-8-16/h9-12,14,16H,3-8,13H2,1-2H3,(H,23,25)(H,24,26)(H2,21,22,27). The fourth-order valence-corrected chi connectivity index (χ4v) is 3.12. The van der Waals surface area contributed by atoms with Gasteiger partial charge < -0.3 is 21.3 Å². The third-order valence-corrected chi connectivity index (χ3v) is 4.74. The number of urea groups is 1. The first-order valence-corrected chi connectivity index (χ1v) is 9.71. The molecule has 1 atom stereocenters. The monoisotopic (exact) mass is 374 g/mol. The predicted molar refractivity (Wildman–Crippen MR) is 105 cm³/mol. The Hall–Kier alpha value is -2.57. The minimum atomic E-state index is -0.385. The Morgan fingerprint density at radius 3 is 2.33 bits per heavy atom. The van der Waals surface area contributed by atoms with Gasteiger partial charge in [-0.15, -0.1) is 0 Å². The second-order valence-electron chi connectivity index (χ2n) is 6.97. The van der Waals surface area contributed by atoms with Crippen molar-refractivity contribution in [1.82, 2.24) is 16.0 Å². The second-order valence-corrected chi connectivity index (χ2v) is 6.97. The largest absolute Gasteiger partial charge is 0.352 e. The van der Waals surface area contributed by atoms with Crippen LogP contribution in [0.2, 0.25) is 0 Å². The van der Waals surface area contributed by atoms with Gasteiger partial charge in [-0.25, -0.2) is 4.79 Å². The number of benzene rings is 1. The average Bonchev–Trinajstić information content (AvgIpc) is 2.67. The molecule has 1 aliphatic rings. The number of hydrogen-bond donors (Lipinski definition) is 4. The maximum Gasteiger partial charge on any atom is 0.315 e. The van der Waals surface area contributed by atoms with E-state index in [9.17, 15) is 14.4 Å². The number of amides is 4. The van der Waals surface area contributed by atoms with Crippen molar-refractivity contribution in [2.45, 2.75) is 64.5 Å². The topological polar surface area (TPSA) is 99.3 Å². The summed E-state index contributed by atoms with van der Waals surface area (Å²) in [5.41, 5.74) is 1.63. The zero-order valence-corrected chi connectivity index (χ0v) is 16.1. The molecule has 1 fully saturated rings. The van der Waals surface area contributed by atoms with Gasteiger partial charge in [0.15, 0.2) is 0 Å². The van der Waals surface area contributed by atoms with Crippen LogP contribution in [0.4, 0.5) is 10.5 Å². The van der Waals surface area contributed by atoms with E-state index in [0.717, 1.165) is 36.9 Å². The molecule has 4 N–H and O–H groups in total. The van der Waals surface area contributed by atoms with E-state index in [0.29, 0.717) is 6.42 Å². The number of carbonyl (C=O) groups excluding carboxylic acids is 3. The van der Waals surface area contributed by atoms with Crippen molar-refractivity contribution in [1.29, 1.82) is 0 Å². The second kappa shape index (κ2) is 10.5. The lowest BCUT2D eigenvalue weighted by Gasteiger charge is -2.23. The Kier molecular flexibility index (Phi) is 8.10. The molecule has 0 radical (unpaired) electrons. The molecule has 1 aromatic rings. The van der Waals surface area contributed by atoms with Crippen molar-refractivity contribution < 1.29 is 14.4 Å². The average molecular weight is 374 g/mol. The lowest BCUT2D eigenvalue weighted by atomic mass is 9.95. The lowest BCUT2D eigenvalue weighted by molar-refractivity contribution is -0.121. The van der Waals surface area contributed by atoms with Crippen molar-refractivity contribution in [2.75, 3.05) is 11.9 Å². The molecular formula is C20H30N4O3. The van der Waals surface area contributed by atoms with Gasteiger partial charge in [0.05, 0.1) is 12.6 Å². The van der Waals surface area contributed by atoms with E-state index >= 15 is 0 Å². The highest BCUT2D eigenvalue weighted by Crippen LogP contribution is 2.17. The van der Waals surface area contributed by atoms with E-state index < -0.39 is 0 Å². The molecule has 1 saturated carbocycles. The van der Waals surface area contributed by atoms with Gasteiger partial charge >= 0.3 is 6.03 Å². The first-order chi connectivity index (χ1) is 13.0. The highest BCUT2D eigenvalue weighted by molar-refractivity contribution is 5.90. The Morgan fingerprint density at radius 1 is 1.04 bits per heavy atom. The number of carbonyl (C=O) groups is 3. The predicted octanol–water partition coefficient (Wildman–Crippen LogP) is 2.84. The summed E-state index contributed by atoms with van der Waals surface area (Å²) in [6.45, 7) is 3.63. The summed E-state index contributed by atoms with van der Waals surface area (Å²) in [6, 6.07) is 6.94. The number of hydrogen-bond acceptors (Lipinski definition) is 3. The summed E-state index contributed by atoms with van der Waals surface area (Å²) >= 11 is 0. The molecule has 0 heterocycles. The SMILES string of the molecule is CCC(=O)Nc1ccc(C(C)NC(=O)NCC(=O)NC2CCCCC2)cc1. The summed E-state index contributed by atoms with van der Waals surface area (Å²) < 4.78 is 0. The van der Waals surface area contributed by atoms with Gasteiger partial charge in [-0.05, 0) is 37.5 Å². The van der Waals surface area contributed by atoms with Crippen LogP contribution in [0, 0.1) is 0 Å². The molecule has 148 valence electrons. The number of anilines is 1. The third-order valence-electron chi connectivity index (χ3n) is 4.74. The number of nitrogens with one attached hydrogen (secondary N) is 4. The first-order valence-electron chi connectivity index (χ1n) is 9.71. The van der Waals surface area contributed by atoms with E-state index in [1.54, 1.807) is 19.1 Å². The third kappa shape index (κ3) is 7.29. The Bertz CT molecular complexity index is 639. The van der Waals surface area contributed by atoms with Crippen LogP contribution in [0.5, 0.6) is 0 Å². The van der Waals surface area contributed by atoms with Gasteiger partial charge in [-0.1, -0.05) is 38.3 Å². The van der Waals surface area contributed by atoms with Gasteiger partial charge in [-0.2, -0.15) is 0 Å². The Balaban J connectivity index is 1.72. The van der Waals surface area contributed by atoms with E-state index in [1.165, 1.54) is 6.42 Å². The quantitative estimate of drug-likeness (QED) is 0.590. The van der Waals surface area contributed by atoms with Crippen LogP contribution in [0.25, 0.3) is 0 Å². The molecule has 27 heavy (non-hydrogen) atoms. The molecule has 4 amide bonds. The molecule has 0 bridgehead atoms. The van der Waals surface area contributed by atoms with Gasteiger partial charge in [0.1, 0.15) is 0 Å². The Labute approximate surface area is 160 Å². The van der Waals surface area contributed by atoms with Crippen LogP contribution >= 0.6 is 0 Å². The highest BCUT2D eigenvalue weighted by atomic mass is 16.2. The van der Waals surface area contributed by atoms with Crippen LogP contribution in [0.1, 0.15) is 64.0 Å². The summed E-state index contributed by atoms with van der Waals surface area (Å²) in [6.07, 6.45) is 5.99. The molecule has 7 nitrogen and oxygen atoms in total. The van der Waals surface area contributed by atoms with Crippen molar-refractivity contribution in [2.24, 2.45) is 0 Å². The zero-order chi connectivity index (χ0) is 19.6. The normalized spacial score (nSPS) is 15.5. The van der Waals surface area contributed by atoms with Gasteiger partial charge in [0.2, 0.25) is 11.8 Å². The van der Waals surface area contributed by atoms with Crippen molar-refractivity contribution in [3.05, 3.63) is 29.8 Å². The summed E-state index contributed by atoms with van der Waals surface area (Å²) in [7, 11) is 0. The fourth-order valence-electron chi connectivity index (χ4n) is 3.12. The van der Waals surface area contributed by atoms with Gasteiger partial charge in [0, 0.05) is 18.2 Å². The molecule has 7 heteroatoms. The van der Waals surface area contributed by atoms with Crippen molar-refractivity contribution in [3.8, 4) is 0 Å². The van der Waals surface area contributed by atoms with E-state index in [1.807, 2.05) is 19.1 Å². The van der Waals surface area contributed by atoms with E-state index in [2.05, 4.69) is 21.3 Å². The number of rotatable bonds is 7. The Morgan fingerprint density at radius 2 is 1.70 bits per heavy atom. The fraction of sp³-hybridized carbons (Fsp3) is 0.550. The first kappa shape index (κ1) is 20.7. The highest BCUT2D eigenvalue weighted by Gasteiger charge is 2.16. The molecule has 0 aromatic heterocycles. The summed E-state index contributed by atoms with van der Waals surface area (Å²) in [5.74, 6) is -0.194. The molecule has 1 unspecified atom stereocenters. The maximum absolute atomic E-state index is 12.0. The molecular weight excluding hydrogens is 344 g/mol. The molecule has 0 spiro atoms. The van der Waals surface area contributed by atoms with E-state index in [-0.39, 0.29) is 36.5 Å². The zero-order valence-electron chi connectivity index (χ0n) is 16.1.